The predicted molar refractivity (Wildman–Crippen MR) is 104 cm³/mol. The standard InChI is InChI=1S/C16H16IN3O3S/c1-21-9-4-12(22-2)10(13(5-9)23-3)7-18-16-15-11(19-8-20-16)6-14(17)24-15/h4-6,8H,7H2,1-3H3,(H,18,19,20). The summed E-state index contributed by atoms with van der Waals surface area (Å²) in [4.78, 5) is 8.65. The first-order chi connectivity index (χ1) is 11.7. The van der Waals surface area contributed by atoms with E-state index >= 15 is 0 Å². The lowest BCUT2D eigenvalue weighted by atomic mass is 10.1. The summed E-state index contributed by atoms with van der Waals surface area (Å²) in [6.45, 7) is 0.511. The lowest BCUT2D eigenvalue weighted by Gasteiger charge is -2.16. The molecule has 6 nitrogen and oxygen atoms in total. The molecule has 0 bridgehead atoms. The molecule has 8 heteroatoms. The Balaban J connectivity index is 1.93. The van der Waals surface area contributed by atoms with Crippen LogP contribution in [0.25, 0.3) is 10.2 Å². The number of halogens is 1. The van der Waals surface area contributed by atoms with Gasteiger partial charge in [-0.3, -0.25) is 0 Å². The third-order valence-electron chi connectivity index (χ3n) is 3.53. The van der Waals surface area contributed by atoms with E-state index in [1.165, 1.54) is 2.88 Å². The first-order valence-corrected chi connectivity index (χ1v) is 8.98. The van der Waals surface area contributed by atoms with Gasteiger partial charge in [-0.15, -0.1) is 11.3 Å². The van der Waals surface area contributed by atoms with Crippen molar-refractivity contribution < 1.29 is 14.2 Å². The van der Waals surface area contributed by atoms with Crippen LogP contribution in [0.4, 0.5) is 5.82 Å². The van der Waals surface area contributed by atoms with Crippen LogP contribution in [0.2, 0.25) is 0 Å². The lowest BCUT2D eigenvalue weighted by Crippen LogP contribution is -2.06. The fourth-order valence-electron chi connectivity index (χ4n) is 2.38. The Morgan fingerprint density at radius 1 is 1.04 bits per heavy atom. The van der Waals surface area contributed by atoms with Crippen LogP contribution in [0.5, 0.6) is 17.2 Å². The maximum atomic E-state index is 5.48. The first-order valence-electron chi connectivity index (χ1n) is 7.09. The van der Waals surface area contributed by atoms with Crippen molar-refractivity contribution in [2.75, 3.05) is 26.6 Å². The molecule has 3 rings (SSSR count). The van der Waals surface area contributed by atoms with Crippen LogP contribution in [-0.4, -0.2) is 31.3 Å². The number of fused-ring (bicyclic) bond motifs is 1. The molecule has 1 N–H and O–H groups in total. The second-order valence-electron chi connectivity index (χ2n) is 4.85. The summed E-state index contributed by atoms with van der Waals surface area (Å²) >= 11 is 3.95. The second-order valence-corrected chi connectivity index (χ2v) is 7.80. The minimum atomic E-state index is 0.511. The van der Waals surface area contributed by atoms with Crippen molar-refractivity contribution in [3.8, 4) is 17.2 Å². The number of nitrogens with zero attached hydrogens (tertiary/aromatic N) is 2. The van der Waals surface area contributed by atoms with Gasteiger partial charge in [-0.2, -0.15) is 0 Å². The van der Waals surface area contributed by atoms with Gasteiger partial charge in [0.25, 0.3) is 0 Å². The van der Waals surface area contributed by atoms with Gasteiger partial charge in [0.1, 0.15) is 29.4 Å². The molecular formula is C16H16IN3O3S. The van der Waals surface area contributed by atoms with Crippen LogP contribution in [0, 0.1) is 2.88 Å². The van der Waals surface area contributed by atoms with Crippen molar-refractivity contribution in [3.63, 3.8) is 0 Å². The number of methoxy groups -OCH3 is 3. The van der Waals surface area contributed by atoms with Crippen molar-refractivity contribution in [2.45, 2.75) is 6.54 Å². The smallest absolute Gasteiger partial charge is 0.147 e. The Labute approximate surface area is 157 Å². The molecule has 0 spiro atoms. The molecular weight excluding hydrogens is 441 g/mol. The van der Waals surface area contributed by atoms with Gasteiger partial charge >= 0.3 is 0 Å². The Morgan fingerprint density at radius 2 is 1.75 bits per heavy atom. The van der Waals surface area contributed by atoms with Gasteiger partial charge < -0.3 is 19.5 Å². The molecule has 0 aliphatic rings. The highest BCUT2D eigenvalue weighted by Crippen LogP contribution is 2.35. The summed E-state index contributed by atoms with van der Waals surface area (Å²) in [6.07, 6.45) is 1.57. The summed E-state index contributed by atoms with van der Waals surface area (Å²) < 4.78 is 18.4. The summed E-state index contributed by atoms with van der Waals surface area (Å²) in [5.41, 5.74) is 1.84. The van der Waals surface area contributed by atoms with Gasteiger partial charge in [-0.25, -0.2) is 9.97 Å². The van der Waals surface area contributed by atoms with Crippen LogP contribution in [0.15, 0.2) is 24.5 Å². The zero-order valence-electron chi connectivity index (χ0n) is 13.4. The van der Waals surface area contributed by atoms with Gasteiger partial charge in [0.05, 0.1) is 40.0 Å². The van der Waals surface area contributed by atoms with E-state index in [-0.39, 0.29) is 0 Å². The number of aromatic nitrogens is 2. The van der Waals surface area contributed by atoms with E-state index in [1.54, 1.807) is 39.0 Å². The molecule has 0 amide bonds. The fourth-order valence-corrected chi connectivity index (χ4v) is 4.13. The van der Waals surface area contributed by atoms with Gasteiger partial charge in [-0.1, -0.05) is 0 Å². The molecule has 0 radical (unpaired) electrons. The van der Waals surface area contributed by atoms with Crippen molar-refractivity contribution in [3.05, 3.63) is 33.0 Å². The van der Waals surface area contributed by atoms with E-state index in [0.717, 1.165) is 21.6 Å². The third kappa shape index (κ3) is 3.34. The van der Waals surface area contributed by atoms with Crippen molar-refractivity contribution in [1.29, 1.82) is 0 Å². The van der Waals surface area contributed by atoms with E-state index in [4.69, 9.17) is 14.2 Å². The van der Waals surface area contributed by atoms with E-state index in [1.807, 2.05) is 18.2 Å². The maximum Gasteiger partial charge on any atom is 0.147 e. The molecule has 0 unspecified atom stereocenters. The van der Waals surface area contributed by atoms with Gasteiger partial charge in [0, 0.05) is 18.7 Å². The number of thiophene rings is 1. The van der Waals surface area contributed by atoms with Crippen LogP contribution in [0.3, 0.4) is 0 Å². The maximum absolute atomic E-state index is 5.48. The normalized spacial score (nSPS) is 10.7. The predicted octanol–water partition coefficient (Wildman–Crippen LogP) is 3.93. The van der Waals surface area contributed by atoms with Gasteiger partial charge in [0.2, 0.25) is 0 Å². The summed E-state index contributed by atoms with van der Waals surface area (Å²) in [7, 11) is 4.87. The minimum absolute atomic E-state index is 0.511. The SMILES string of the molecule is COc1cc(OC)c(CNc2ncnc3cc(I)sc23)c(OC)c1. The molecule has 0 aliphatic carbocycles. The van der Waals surface area contributed by atoms with E-state index in [0.29, 0.717) is 23.8 Å². The highest BCUT2D eigenvalue weighted by molar-refractivity contribution is 14.1. The zero-order valence-corrected chi connectivity index (χ0v) is 16.4. The van der Waals surface area contributed by atoms with Crippen LogP contribution in [0.1, 0.15) is 5.56 Å². The highest BCUT2D eigenvalue weighted by atomic mass is 127. The topological polar surface area (TPSA) is 65.5 Å². The average Bonchev–Trinajstić information content (AvgIpc) is 2.99. The van der Waals surface area contributed by atoms with Crippen LogP contribution >= 0.6 is 33.9 Å². The summed E-state index contributed by atoms with van der Waals surface area (Å²) in [5.74, 6) is 2.88. The Morgan fingerprint density at radius 3 is 2.38 bits per heavy atom. The summed E-state index contributed by atoms with van der Waals surface area (Å²) in [6, 6.07) is 5.72. The number of rotatable bonds is 6. The Hall–Kier alpha value is -1.81. The molecule has 2 heterocycles. The number of hydrogen-bond donors (Lipinski definition) is 1. The van der Waals surface area contributed by atoms with Crippen molar-refractivity contribution in [2.24, 2.45) is 0 Å². The average molecular weight is 457 g/mol. The molecule has 0 fully saturated rings. The molecule has 3 aromatic rings. The number of anilines is 1. The molecule has 0 saturated carbocycles. The number of nitrogens with one attached hydrogen (secondary N) is 1. The van der Waals surface area contributed by atoms with Crippen LogP contribution < -0.4 is 19.5 Å². The number of hydrogen-bond acceptors (Lipinski definition) is 7. The number of benzene rings is 1. The molecule has 1 aromatic carbocycles. The van der Waals surface area contributed by atoms with Crippen LogP contribution in [-0.2, 0) is 6.54 Å². The molecule has 2 aromatic heterocycles. The quantitative estimate of drug-likeness (QED) is 0.566. The zero-order chi connectivity index (χ0) is 17.1. The Kier molecular flexibility index (Phi) is 5.24. The van der Waals surface area contributed by atoms with E-state index < -0.39 is 0 Å². The Bertz CT molecular complexity index is 844. The number of ether oxygens (including phenoxy) is 3. The molecule has 0 saturated heterocycles. The van der Waals surface area contributed by atoms with Gasteiger partial charge in [0.15, 0.2) is 0 Å². The molecule has 0 atom stereocenters. The molecule has 24 heavy (non-hydrogen) atoms. The second kappa shape index (κ2) is 7.39. The highest BCUT2D eigenvalue weighted by Gasteiger charge is 2.14. The van der Waals surface area contributed by atoms with E-state index in [9.17, 15) is 0 Å². The minimum Gasteiger partial charge on any atom is -0.496 e. The largest absolute Gasteiger partial charge is 0.496 e. The van der Waals surface area contributed by atoms with Crippen molar-refractivity contribution in [1.82, 2.24) is 9.97 Å². The first kappa shape index (κ1) is 17.0. The van der Waals surface area contributed by atoms with Gasteiger partial charge in [-0.05, 0) is 28.7 Å². The molecule has 0 aliphatic heterocycles. The van der Waals surface area contributed by atoms with Crippen molar-refractivity contribution >= 4 is 50.0 Å². The monoisotopic (exact) mass is 457 g/mol. The third-order valence-corrected chi connectivity index (χ3v) is 5.42. The summed E-state index contributed by atoms with van der Waals surface area (Å²) in [5, 5.41) is 3.36. The molecule has 126 valence electrons. The van der Waals surface area contributed by atoms with E-state index in [2.05, 4.69) is 37.9 Å². The lowest BCUT2D eigenvalue weighted by molar-refractivity contribution is 0.369. The fraction of sp³-hybridized carbons (Fsp3) is 0.250.